The number of benzene rings is 2. The van der Waals surface area contributed by atoms with Gasteiger partial charge in [-0.1, -0.05) is 0 Å². The molecule has 4 aromatic rings. The van der Waals surface area contributed by atoms with Crippen molar-refractivity contribution in [3.05, 3.63) is 48.8 Å². The van der Waals surface area contributed by atoms with Crippen molar-refractivity contribution in [2.45, 2.75) is 0 Å². The van der Waals surface area contributed by atoms with E-state index < -0.39 is 0 Å². The molecule has 0 radical (unpaired) electrons. The van der Waals surface area contributed by atoms with Crippen LogP contribution in [0.4, 0.5) is 5.69 Å². The standard InChI is InChI=1S/C22H22N4O3/c1-27-21-12-17-18(13-22(21)28-2)24-23-14-20(17)26-6-5-15-11-16(3-4-19(15)26)25-7-9-29-10-8-25/h3-6,11-14H,7-10H2,1-2H3. The molecule has 1 fully saturated rings. The molecule has 0 aliphatic carbocycles. The Bertz CT molecular complexity index is 1180. The van der Waals surface area contributed by atoms with Crippen LogP contribution in [0.1, 0.15) is 0 Å². The van der Waals surface area contributed by atoms with Crippen molar-refractivity contribution in [1.82, 2.24) is 14.8 Å². The first kappa shape index (κ1) is 17.8. The van der Waals surface area contributed by atoms with E-state index in [1.54, 1.807) is 20.4 Å². The van der Waals surface area contributed by atoms with Gasteiger partial charge in [-0.05, 0) is 30.3 Å². The Morgan fingerprint density at radius 1 is 0.966 bits per heavy atom. The molecule has 0 bridgehead atoms. The number of rotatable bonds is 4. The molecule has 7 heteroatoms. The first-order chi connectivity index (χ1) is 14.3. The van der Waals surface area contributed by atoms with Gasteiger partial charge in [-0.25, -0.2) is 0 Å². The molecule has 7 nitrogen and oxygen atoms in total. The number of methoxy groups -OCH3 is 2. The number of hydrogen-bond acceptors (Lipinski definition) is 6. The normalized spacial score (nSPS) is 14.5. The van der Waals surface area contributed by atoms with Crippen LogP contribution in [0.15, 0.2) is 48.8 Å². The van der Waals surface area contributed by atoms with Crippen LogP contribution >= 0.6 is 0 Å². The number of fused-ring (bicyclic) bond motifs is 2. The third-order valence-corrected chi connectivity index (χ3v) is 5.43. The summed E-state index contributed by atoms with van der Waals surface area (Å²) in [5.41, 5.74) is 4.05. The Morgan fingerprint density at radius 2 is 1.76 bits per heavy atom. The third kappa shape index (κ3) is 3.03. The van der Waals surface area contributed by atoms with E-state index in [2.05, 4.69) is 50.1 Å². The van der Waals surface area contributed by atoms with E-state index in [4.69, 9.17) is 14.2 Å². The minimum Gasteiger partial charge on any atom is -0.493 e. The lowest BCUT2D eigenvalue weighted by molar-refractivity contribution is 0.122. The molecule has 0 spiro atoms. The van der Waals surface area contributed by atoms with Crippen LogP contribution in [-0.2, 0) is 4.74 Å². The van der Waals surface area contributed by atoms with E-state index >= 15 is 0 Å². The van der Waals surface area contributed by atoms with Crippen molar-refractivity contribution < 1.29 is 14.2 Å². The van der Waals surface area contributed by atoms with Gasteiger partial charge in [-0.3, -0.25) is 0 Å². The highest BCUT2D eigenvalue weighted by atomic mass is 16.5. The summed E-state index contributed by atoms with van der Waals surface area (Å²) in [5.74, 6) is 1.30. The number of morpholine rings is 1. The van der Waals surface area contributed by atoms with E-state index in [9.17, 15) is 0 Å². The molecule has 2 aromatic heterocycles. The van der Waals surface area contributed by atoms with Gasteiger partial charge in [0.05, 0.1) is 50.4 Å². The fourth-order valence-electron chi connectivity index (χ4n) is 3.92. The van der Waals surface area contributed by atoms with Crippen molar-refractivity contribution in [1.29, 1.82) is 0 Å². The Kier molecular flexibility index (Phi) is 4.44. The first-order valence-electron chi connectivity index (χ1n) is 9.60. The molecule has 0 unspecified atom stereocenters. The second kappa shape index (κ2) is 7.25. The predicted octanol–water partition coefficient (Wildman–Crippen LogP) is 3.43. The third-order valence-electron chi connectivity index (χ3n) is 5.43. The topological polar surface area (TPSA) is 61.6 Å². The molecule has 5 rings (SSSR count). The highest BCUT2D eigenvalue weighted by Gasteiger charge is 2.15. The summed E-state index contributed by atoms with van der Waals surface area (Å²) >= 11 is 0. The molecule has 29 heavy (non-hydrogen) atoms. The Labute approximate surface area is 168 Å². The van der Waals surface area contributed by atoms with E-state index in [-0.39, 0.29) is 0 Å². The second-order valence-corrected chi connectivity index (χ2v) is 6.98. The average Bonchev–Trinajstić information content (AvgIpc) is 3.21. The number of anilines is 1. The summed E-state index contributed by atoms with van der Waals surface area (Å²) in [5, 5.41) is 10.6. The lowest BCUT2D eigenvalue weighted by atomic mass is 10.1. The van der Waals surface area contributed by atoms with Crippen LogP contribution in [0.3, 0.4) is 0 Å². The van der Waals surface area contributed by atoms with Crippen LogP contribution < -0.4 is 14.4 Å². The van der Waals surface area contributed by atoms with Crippen molar-refractivity contribution >= 4 is 27.5 Å². The predicted molar refractivity (Wildman–Crippen MR) is 113 cm³/mol. The highest BCUT2D eigenvalue weighted by Crippen LogP contribution is 2.35. The molecule has 1 aliphatic rings. The molecule has 1 aliphatic heterocycles. The maximum Gasteiger partial charge on any atom is 0.162 e. The van der Waals surface area contributed by atoms with Gasteiger partial charge in [0.2, 0.25) is 0 Å². The number of aromatic nitrogens is 3. The summed E-state index contributed by atoms with van der Waals surface area (Å²) < 4.78 is 18.5. The largest absolute Gasteiger partial charge is 0.493 e. The molecule has 3 heterocycles. The Hall–Kier alpha value is -3.32. The number of hydrogen-bond donors (Lipinski definition) is 0. The molecule has 0 amide bonds. The van der Waals surface area contributed by atoms with Crippen LogP contribution in [0.5, 0.6) is 11.5 Å². The number of ether oxygens (including phenoxy) is 3. The van der Waals surface area contributed by atoms with Gasteiger partial charge in [0.25, 0.3) is 0 Å². The molecule has 0 atom stereocenters. The highest BCUT2D eigenvalue weighted by molar-refractivity contribution is 5.93. The Morgan fingerprint density at radius 3 is 2.55 bits per heavy atom. The van der Waals surface area contributed by atoms with E-state index in [0.29, 0.717) is 11.5 Å². The molecular weight excluding hydrogens is 368 g/mol. The van der Waals surface area contributed by atoms with Crippen LogP contribution in [0.2, 0.25) is 0 Å². The van der Waals surface area contributed by atoms with Gasteiger partial charge in [0, 0.05) is 41.8 Å². The second-order valence-electron chi connectivity index (χ2n) is 6.98. The van der Waals surface area contributed by atoms with Crippen molar-refractivity contribution in [3.8, 4) is 17.2 Å². The quantitative estimate of drug-likeness (QED) is 0.532. The van der Waals surface area contributed by atoms with Crippen molar-refractivity contribution in [2.75, 3.05) is 45.4 Å². The van der Waals surface area contributed by atoms with E-state index in [1.165, 1.54) is 11.1 Å². The van der Waals surface area contributed by atoms with Crippen molar-refractivity contribution in [2.24, 2.45) is 0 Å². The zero-order valence-corrected chi connectivity index (χ0v) is 16.5. The minimum absolute atomic E-state index is 0.638. The van der Waals surface area contributed by atoms with Gasteiger partial charge in [-0.15, -0.1) is 0 Å². The van der Waals surface area contributed by atoms with Gasteiger partial charge in [0.1, 0.15) is 0 Å². The molecular formula is C22H22N4O3. The van der Waals surface area contributed by atoms with E-state index in [1.807, 2.05) is 12.1 Å². The summed E-state index contributed by atoms with van der Waals surface area (Å²) in [7, 11) is 3.25. The minimum atomic E-state index is 0.638. The Balaban J connectivity index is 1.62. The molecule has 148 valence electrons. The smallest absolute Gasteiger partial charge is 0.162 e. The number of nitrogens with zero attached hydrogens (tertiary/aromatic N) is 4. The summed E-state index contributed by atoms with van der Waals surface area (Å²) in [4.78, 5) is 2.36. The SMILES string of the molecule is COc1cc2nncc(-n3ccc4cc(N5CCOCC5)ccc43)c2cc1OC. The fraction of sp³-hybridized carbons (Fsp3) is 0.273. The van der Waals surface area contributed by atoms with Crippen LogP contribution in [0.25, 0.3) is 27.5 Å². The monoisotopic (exact) mass is 390 g/mol. The maximum atomic E-state index is 5.49. The first-order valence-corrected chi connectivity index (χ1v) is 9.60. The van der Waals surface area contributed by atoms with Gasteiger partial charge in [0.15, 0.2) is 11.5 Å². The molecule has 1 saturated heterocycles. The van der Waals surface area contributed by atoms with Gasteiger partial charge >= 0.3 is 0 Å². The zero-order valence-electron chi connectivity index (χ0n) is 16.5. The average molecular weight is 390 g/mol. The van der Waals surface area contributed by atoms with E-state index in [0.717, 1.165) is 48.4 Å². The van der Waals surface area contributed by atoms with Crippen LogP contribution in [0, 0.1) is 0 Å². The fourth-order valence-corrected chi connectivity index (χ4v) is 3.92. The lowest BCUT2D eigenvalue weighted by Gasteiger charge is -2.28. The van der Waals surface area contributed by atoms with Crippen molar-refractivity contribution in [3.63, 3.8) is 0 Å². The van der Waals surface area contributed by atoms with Gasteiger partial charge in [-0.2, -0.15) is 10.2 Å². The molecule has 0 N–H and O–H groups in total. The maximum absolute atomic E-state index is 5.49. The zero-order chi connectivity index (χ0) is 19.8. The van der Waals surface area contributed by atoms with Crippen LogP contribution in [-0.4, -0.2) is 55.3 Å². The molecule has 0 saturated carbocycles. The molecule has 2 aromatic carbocycles. The summed E-state index contributed by atoms with van der Waals surface area (Å²) in [6.45, 7) is 3.40. The summed E-state index contributed by atoms with van der Waals surface area (Å²) in [6, 6.07) is 12.5. The lowest BCUT2D eigenvalue weighted by Crippen LogP contribution is -2.36. The summed E-state index contributed by atoms with van der Waals surface area (Å²) in [6.07, 6.45) is 3.85. The van der Waals surface area contributed by atoms with Gasteiger partial charge < -0.3 is 23.7 Å².